The minimum atomic E-state index is -1.06. The number of anilines is 1. The van der Waals surface area contributed by atoms with Gasteiger partial charge in [-0.05, 0) is 52.9 Å². The minimum Gasteiger partial charge on any atom is -0.478 e. The monoisotopic (exact) mass is 356 g/mol. The number of carbonyl (C=O) groups is 2. The first kappa shape index (κ1) is 15.8. The topological polar surface area (TPSA) is 87.7 Å². The number of halogens is 1. The molecule has 3 N–H and O–H groups in total. The molecule has 0 radical (unpaired) electrons. The maximum atomic E-state index is 11.7. The van der Waals surface area contributed by atoms with Gasteiger partial charge in [0, 0.05) is 23.3 Å². The summed E-state index contributed by atoms with van der Waals surface area (Å²) in [6, 6.07) is 4.22. The van der Waals surface area contributed by atoms with E-state index in [-0.39, 0.29) is 11.6 Å². The lowest BCUT2D eigenvalue weighted by atomic mass is 10.2. The zero-order valence-corrected chi connectivity index (χ0v) is 13.0. The van der Waals surface area contributed by atoms with E-state index in [4.69, 9.17) is 9.84 Å². The van der Waals surface area contributed by atoms with Crippen molar-refractivity contribution in [3.8, 4) is 0 Å². The number of carbonyl (C=O) groups excluding carboxylic acids is 1. The van der Waals surface area contributed by atoms with Crippen LogP contribution in [0.4, 0.5) is 10.5 Å². The Morgan fingerprint density at radius 2 is 2.14 bits per heavy atom. The van der Waals surface area contributed by atoms with Crippen LogP contribution >= 0.6 is 15.9 Å². The van der Waals surface area contributed by atoms with Crippen LogP contribution < -0.4 is 10.6 Å². The highest BCUT2D eigenvalue weighted by Gasteiger charge is 2.20. The van der Waals surface area contributed by atoms with E-state index in [0.29, 0.717) is 29.2 Å². The average molecular weight is 357 g/mol. The molecule has 0 bridgehead atoms. The number of carboxylic acids is 1. The van der Waals surface area contributed by atoms with Crippen molar-refractivity contribution in [2.45, 2.75) is 12.8 Å². The van der Waals surface area contributed by atoms with Gasteiger partial charge in [0.15, 0.2) is 0 Å². The number of ether oxygens (including phenoxy) is 1. The molecule has 1 aromatic carbocycles. The largest absolute Gasteiger partial charge is 0.478 e. The quantitative estimate of drug-likeness (QED) is 0.655. The molecular formula is C14H17BrN2O4. The van der Waals surface area contributed by atoms with Gasteiger partial charge < -0.3 is 20.5 Å². The summed E-state index contributed by atoms with van der Waals surface area (Å²) in [7, 11) is 0. The second kappa shape index (κ2) is 7.42. The normalized spacial score (nSPS) is 13.8. The molecule has 2 rings (SSSR count). The van der Waals surface area contributed by atoms with Crippen molar-refractivity contribution in [3.63, 3.8) is 0 Å². The van der Waals surface area contributed by atoms with Crippen LogP contribution in [0.25, 0.3) is 0 Å². The minimum absolute atomic E-state index is 0.0977. The molecular weight excluding hydrogens is 340 g/mol. The SMILES string of the molecule is O=C(NCCOCC1CC1)Nc1ccc(Br)c(C(=O)O)c1. The summed E-state index contributed by atoms with van der Waals surface area (Å²) >= 11 is 3.15. The number of rotatable bonds is 7. The summed E-state index contributed by atoms with van der Waals surface area (Å²) in [5.74, 6) is -0.351. The molecule has 1 aromatic rings. The summed E-state index contributed by atoms with van der Waals surface area (Å²) < 4.78 is 5.87. The molecule has 1 aliphatic rings. The highest BCUT2D eigenvalue weighted by Crippen LogP contribution is 2.28. The maximum absolute atomic E-state index is 11.7. The first-order valence-electron chi connectivity index (χ1n) is 6.71. The molecule has 0 aliphatic heterocycles. The number of carboxylic acid groups (broad SMARTS) is 1. The van der Waals surface area contributed by atoms with Gasteiger partial charge in [-0.15, -0.1) is 0 Å². The Morgan fingerprint density at radius 1 is 1.38 bits per heavy atom. The molecule has 0 aromatic heterocycles. The second-order valence-electron chi connectivity index (χ2n) is 4.90. The number of benzene rings is 1. The van der Waals surface area contributed by atoms with Gasteiger partial charge in [-0.1, -0.05) is 0 Å². The molecule has 6 nitrogen and oxygen atoms in total. The molecule has 2 amide bonds. The molecule has 0 atom stereocenters. The fraction of sp³-hybridized carbons (Fsp3) is 0.429. The molecule has 1 fully saturated rings. The third-order valence-corrected chi connectivity index (χ3v) is 3.73. The summed E-state index contributed by atoms with van der Waals surface area (Å²) in [4.78, 5) is 22.6. The Bertz CT molecular complexity index is 532. The predicted octanol–water partition coefficient (Wildman–Crippen LogP) is 2.70. The third kappa shape index (κ3) is 5.35. The molecule has 1 aliphatic carbocycles. The van der Waals surface area contributed by atoms with Crippen LogP contribution in [0.5, 0.6) is 0 Å². The molecule has 0 heterocycles. The molecule has 0 spiro atoms. The fourth-order valence-corrected chi connectivity index (χ4v) is 2.13. The van der Waals surface area contributed by atoms with Crippen molar-refractivity contribution in [2.75, 3.05) is 25.1 Å². The first-order valence-corrected chi connectivity index (χ1v) is 7.51. The zero-order chi connectivity index (χ0) is 15.2. The molecule has 114 valence electrons. The second-order valence-corrected chi connectivity index (χ2v) is 5.75. The van der Waals surface area contributed by atoms with Crippen molar-refractivity contribution in [3.05, 3.63) is 28.2 Å². The van der Waals surface area contributed by atoms with E-state index < -0.39 is 5.97 Å². The van der Waals surface area contributed by atoms with E-state index in [1.807, 2.05) is 0 Å². The van der Waals surface area contributed by atoms with Crippen molar-refractivity contribution in [1.29, 1.82) is 0 Å². The van der Waals surface area contributed by atoms with E-state index >= 15 is 0 Å². The van der Waals surface area contributed by atoms with Crippen LogP contribution in [-0.2, 0) is 4.74 Å². The standard InChI is InChI=1S/C14H17BrN2O4/c15-12-4-3-10(7-11(12)13(18)19)17-14(20)16-5-6-21-8-9-1-2-9/h3-4,7,9H,1-2,5-6,8H2,(H,18,19)(H2,16,17,20). The van der Waals surface area contributed by atoms with Crippen LogP contribution in [-0.4, -0.2) is 36.9 Å². The van der Waals surface area contributed by atoms with Crippen LogP contribution in [0.1, 0.15) is 23.2 Å². The van der Waals surface area contributed by atoms with Crippen LogP contribution in [0.3, 0.4) is 0 Å². The van der Waals surface area contributed by atoms with Crippen molar-refractivity contribution in [1.82, 2.24) is 5.32 Å². The Hall–Kier alpha value is -1.60. The van der Waals surface area contributed by atoms with E-state index in [2.05, 4.69) is 26.6 Å². The van der Waals surface area contributed by atoms with Crippen molar-refractivity contribution < 1.29 is 19.4 Å². The lowest BCUT2D eigenvalue weighted by Gasteiger charge is -2.09. The Labute approximate surface area is 131 Å². The lowest BCUT2D eigenvalue weighted by Crippen LogP contribution is -2.31. The Balaban J connectivity index is 1.73. The summed E-state index contributed by atoms with van der Waals surface area (Å²) in [5.41, 5.74) is 0.521. The van der Waals surface area contributed by atoms with Gasteiger partial charge in [-0.25, -0.2) is 9.59 Å². The van der Waals surface area contributed by atoms with Gasteiger partial charge in [-0.2, -0.15) is 0 Å². The molecule has 21 heavy (non-hydrogen) atoms. The molecule has 0 saturated heterocycles. The molecule has 0 unspecified atom stereocenters. The van der Waals surface area contributed by atoms with Gasteiger partial charge in [0.05, 0.1) is 12.2 Å². The zero-order valence-electron chi connectivity index (χ0n) is 11.4. The molecule has 1 saturated carbocycles. The van der Waals surface area contributed by atoms with Crippen molar-refractivity contribution >= 4 is 33.6 Å². The van der Waals surface area contributed by atoms with Crippen LogP contribution in [0, 0.1) is 5.92 Å². The summed E-state index contributed by atoms with van der Waals surface area (Å²) in [6.07, 6.45) is 2.48. The number of amides is 2. The predicted molar refractivity (Wildman–Crippen MR) is 81.7 cm³/mol. The Kier molecular flexibility index (Phi) is 5.58. The smallest absolute Gasteiger partial charge is 0.336 e. The third-order valence-electron chi connectivity index (χ3n) is 3.04. The van der Waals surface area contributed by atoms with E-state index in [9.17, 15) is 9.59 Å². The number of hydrogen-bond donors (Lipinski definition) is 3. The van der Waals surface area contributed by atoms with Gasteiger partial charge >= 0.3 is 12.0 Å². The van der Waals surface area contributed by atoms with Gasteiger partial charge in [-0.3, -0.25) is 0 Å². The highest BCUT2D eigenvalue weighted by molar-refractivity contribution is 9.10. The van der Waals surface area contributed by atoms with Crippen molar-refractivity contribution in [2.24, 2.45) is 5.92 Å². The van der Waals surface area contributed by atoms with Crippen LogP contribution in [0.2, 0.25) is 0 Å². The number of urea groups is 1. The molecule has 7 heteroatoms. The first-order chi connectivity index (χ1) is 10.1. The van der Waals surface area contributed by atoms with E-state index in [1.54, 1.807) is 12.1 Å². The van der Waals surface area contributed by atoms with E-state index in [1.165, 1.54) is 18.9 Å². The van der Waals surface area contributed by atoms with E-state index in [0.717, 1.165) is 6.61 Å². The number of hydrogen-bond acceptors (Lipinski definition) is 3. The summed E-state index contributed by atoms with van der Waals surface area (Å²) in [5, 5.41) is 14.2. The summed E-state index contributed by atoms with van der Waals surface area (Å²) in [6.45, 7) is 1.66. The van der Waals surface area contributed by atoms with Crippen LogP contribution in [0.15, 0.2) is 22.7 Å². The number of aromatic carboxylic acids is 1. The Morgan fingerprint density at radius 3 is 2.81 bits per heavy atom. The van der Waals surface area contributed by atoms with Gasteiger partial charge in [0.2, 0.25) is 0 Å². The maximum Gasteiger partial charge on any atom is 0.336 e. The number of nitrogens with one attached hydrogen (secondary N) is 2. The van der Waals surface area contributed by atoms with Gasteiger partial charge in [0.25, 0.3) is 0 Å². The average Bonchev–Trinajstić information content (AvgIpc) is 3.24. The highest BCUT2D eigenvalue weighted by atomic mass is 79.9. The fourth-order valence-electron chi connectivity index (χ4n) is 1.71. The van der Waals surface area contributed by atoms with Gasteiger partial charge in [0.1, 0.15) is 0 Å². The lowest BCUT2D eigenvalue weighted by molar-refractivity contribution is 0.0696.